The van der Waals surface area contributed by atoms with Gasteiger partial charge in [0.2, 0.25) is 0 Å². The van der Waals surface area contributed by atoms with Crippen molar-refractivity contribution in [3.63, 3.8) is 0 Å². The zero-order valence-corrected chi connectivity index (χ0v) is 14.0. The summed E-state index contributed by atoms with van der Waals surface area (Å²) in [4.78, 5) is 26.7. The molecule has 3 rings (SSSR count). The number of halogens is 2. The van der Waals surface area contributed by atoms with Crippen molar-refractivity contribution >= 4 is 29.9 Å². The lowest BCUT2D eigenvalue weighted by molar-refractivity contribution is -0.135. The third-order valence-corrected chi connectivity index (χ3v) is 3.53. The molecule has 136 valence electrons. The highest BCUT2D eigenvalue weighted by Crippen LogP contribution is 2.24. The summed E-state index contributed by atoms with van der Waals surface area (Å²) < 4.78 is 14.4. The van der Waals surface area contributed by atoms with Gasteiger partial charge in [-0.25, -0.2) is 13.9 Å². The molecule has 8 nitrogen and oxygen atoms in total. The Morgan fingerprint density at radius 1 is 1.23 bits per heavy atom. The number of hydrogen-bond acceptors (Lipinski definition) is 5. The van der Waals surface area contributed by atoms with Gasteiger partial charge in [-0.3, -0.25) is 9.59 Å². The maximum Gasteiger partial charge on any atom is 0.322 e. The molecule has 0 unspecified atom stereocenters. The smallest absolute Gasteiger partial charge is 0.322 e. The second-order valence-corrected chi connectivity index (χ2v) is 5.27. The van der Waals surface area contributed by atoms with E-state index in [-0.39, 0.29) is 35.2 Å². The SMILES string of the molecule is Cl.O=C(O)CNC(=O)c1c(O)cc(Cc2ccc(F)cc2)n2ncnc12. The summed E-state index contributed by atoms with van der Waals surface area (Å²) in [6.07, 6.45) is 1.54. The topological polar surface area (TPSA) is 117 Å². The van der Waals surface area contributed by atoms with E-state index in [4.69, 9.17) is 5.11 Å². The lowest BCUT2D eigenvalue weighted by Gasteiger charge is -2.10. The first-order chi connectivity index (χ1) is 12.0. The Morgan fingerprint density at radius 3 is 2.58 bits per heavy atom. The van der Waals surface area contributed by atoms with Crippen LogP contribution in [0, 0.1) is 5.82 Å². The standard InChI is InChI=1S/C16H13FN4O4.ClH/c17-10-3-1-9(2-4-10)5-11-6-12(22)14(15-19-8-20-21(11)15)16(25)18-7-13(23)24;/h1-4,6,8,22H,5,7H2,(H,18,25)(H,23,24);1H. The summed E-state index contributed by atoms with van der Waals surface area (Å²) in [6, 6.07) is 7.19. The van der Waals surface area contributed by atoms with Gasteiger partial charge in [-0.1, -0.05) is 12.1 Å². The molecule has 0 atom stereocenters. The largest absolute Gasteiger partial charge is 0.507 e. The van der Waals surface area contributed by atoms with Crippen molar-refractivity contribution in [3.05, 3.63) is 59.3 Å². The normalized spacial score (nSPS) is 10.3. The second-order valence-electron chi connectivity index (χ2n) is 5.27. The van der Waals surface area contributed by atoms with Gasteiger partial charge in [0.25, 0.3) is 5.91 Å². The van der Waals surface area contributed by atoms with Gasteiger partial charge in [0, 0.05) is 12.5 Å². The Balaban J connectivity index is 0.00000243. The zero-order valence-electron chi connectivity index (χ0n) is 13.2. The Bertz CT molecular complexity index is 959. The van der Waals surface area contributed by atoms with Crippen molar-refractivity contribution in [2.24, 2.45) is 0 Å². The number of aromatic nitrogens is 3. The molecule has 1 aromatic carbocycles. The van der Waals surface area contributed by atoms with Crippen LogP contribution in [0.3, 0.4) is 0 Å². The highest BCUT2D eigenvalue weighted by molar-refractivity contribution is 6.03. The van der Waals surface area contributed by atoms with Crippen LogP contribution in [-0.2, 0) is 11.2 Å². The highest BCUT2D eigenvalue weighted by Gasteiger charge is 2.20. The molecule has 0 saturated carbocycles. The van der Waals surface area contributed by atoms with Crippen LogP contribution in [0.5, 0.6) is 5.75 Å². The quantitative estimate of drug-likeness (QED) is 0.616. The minimum absolute atomic E-state index is 0. The molecular formula is C16H14ClFN4O4. The molecule has 0 spiro atoms. The fourth-order valence-corrected chi connectivity index (χ4v) is 2.43. The molecule has 0 saturated heterocycles. The second kappa shape index (κ2) is 7.79. The van der Waals surface area contributed by atoms with Crippen LogP contribution in [0.4, 0.5) is 4.39 Å². The third-order valence-electron chi connectivity index (χ3n) is 3.53. The summed E-state index contributed by atoms with van der Waals surface area (Å²) in [5.41, 5.74) is 1.24. The molecule has 0 radical (unpaired) electrons. The summed E-state index contributed by atoms with van der Waals surface area (Å²) in [6.45, 7) is -0.587. The van der Waals surface area contributed by atoms with E-state index in [1.807, 2.05) is 0 Å². The average molecular weight is 381 g/mol. The lowest BCUT2D eigenvalue weighted by atomic mass is 10.1. The fourth-order valence-electron chi connectivity index (χ4n) is 2.43. The molecule has 26 heavy (non-hydrogen) atoms. The number of pyridine rings is 1. The molecule has 2 heterocycles. The summed E-state index contributed by atoms with van der Waals surface area (Å²) >= 11 is 0. The number of rotatable bonds is 5. The van der Waals surface area contributed by atoms with Crippen molar-refractivity contribution in [2.75, 3.05) is 6.54 Å². The number of fused-ring (bicyclic) bond motifs is 1. The highest BCUT2D eigenvalue weighted by atomic mass is 35.5. The van der Waals surface area contributed by atoms with Gasteiger partial charge in [-0.15, -0.1) is 12.4 Å². The zero-order chi connectivity index (χ0) is 18.0. The minimum Gasteiger partial charge on any atom is -0.507 e. The van der Waals surface area contributed by atoms with Crippen molar-refractivity contribution < 1.29 is 24.2 Å². The number of hydrogen-bond donors (Lipinski definition) is 3. The lowest BCUT2D eigenvalue weighted by Crippen LogP contribution is -2.29. The molecule has 1 amide bonds. The minimum atomic E-state index is -1.21. The van der Waals surface area contributed by atoms with Gasteiger partial charge in [-0.05, 0) is 17.7 Å². The maximum atomic E-state index is 13.0. The van der Waals surface area contributed by atoms with Crippen LogP contribution in [-0.4, -0.2) is 43.2 Å². The van der Waals surface area contributed by atoms with E-state index in [0.29, 0.717) is 12.1 Å². The summed E-state index contributed by atoms with van der Waals surface area (Å²) in [5.74, 6) is -2.69. The summed E-state index contributed by atoms with van der Waals surface area (Å²) in [5, 5.41) is 25.1. The van der Waals surface area contributed by atoms with Crippen LogP contribution in [0.25, 0.3) is 5.65 Å². The van der Waals surface area contributed by atoms with E-state index in [9.17, 15) is 19.1 Å². The predicted octanol–water partition coefficient (Wildman–Crippen LogP) is 1.40. The van der Waals surface area contributed by atoms with Gasteiger partial charge in [-0.2, -0.15) is 5.10 Å². The number of carboxylic acid groups (broad SMARTS) is 1. The number of carbonyl (C=O) groups is 2. The van der Waals surface area contributed by atoms with Gasteiger partial charge in [0.05, 0.1) is 5.69 Å². The van der Waals surface area contributed by atoms with E-state index in [2.05, 4.69) is 15.4 Å². The van der Waals surface area contributed by atoms with Crippen LogP contribution in [0.15, 0.2) is 36.7 Å². The number of benzene rings is 1. The predicted molar refractivity (Wildman–Crippen MR) is 91.1 cm³/mol. The van der Waals surface area contributed by atoms with E-state index < -0.39 is 18.4 Å². The number of carboxylic acids is 1. The molecule has 0 aliphatic rings. The van der Waals surface area contributed by atoms with Crippen LogP contribution in [0.1, 0.15) is 21.6 Å². The van der Waals surface area contributed by atoms with E-state index >= 15 is 0 Å². The number of amides is 1. The van der Waals surface area contributed by atoms with E-state index in [1.54, 1.807) is 12.1 Å². The Hall–Kier alpha value is -3.20. The van der Waals surface area contributed by atoms with Gasteiger partial charge in [0.1, 0.15) is 30.0 Å². The van der Waals surface area contributed by atoms with E-state index in [1.165, 1.54) is 29.0 Å². The fraction of sp³-hybridized carbons (Fsp3) is 0.125. The summed E-state index contributed by atoms with van der Waals surface area (Å²) in [7, 11) is 0. The van der Waals surface area contributed by atoms with Crippen molar-refractivity contribution in [2.45, 2.75) is 6.42 Å². The van der Waals surface area contributed by atoms with Gasteiger partial charge >= 0.3 is 5.97 Å². The molecule has 3 N–H and O–H groups in total. The molecular weight excluding hydrogens is 367 g/mol. The number of aliphatic carboxylic acids is 1. The van der Waals surface area contributed by atoms with Crippen molar-refractivity contribution in [1.29, 1.82) is 0 Å². The Kier molecular flexibility index (Phi) is 5.73. The monoisotopic (exact) mass is 380 g/mol. The molecule has 0 bridgehead atoms. The first-order valence-corrected chi connectivity index (χ1v) is 7.24. The van der Waals surface area contributed by atoms with Crippen molar-refractivity contribution in [1.82, 2.24) is 19.9 Å². The first kappa shape index (κ1) is 19.1. The van der Waals surface area contributed by atoms with Crippen LogP contribution < -0.4 is 5.32 Å². The van der Waals surface area contributed by atoms with E-state index in [0.717, 1.165) is 5.56 Å². The Labute approximate surface area is 152 Å². The molecule has 0 aliphatic heterocycles. The maximum absolute atomic E-state index is 13.0. The molecule has 0 fully saturated rings. The molecule has 10 heteroatoms. The van der Waals surface area contributed by atoms with Crippen molar-refractivity contribution in [3.8, 4) is 5.75 Å². The number of aromatic hydroxyl groups is 1. The molecule has 2 aromatic heterocycles. The third kappa shape index (κ3) is 3.89. The number of nitrogens with one attached hydrogen (secondary N) is 1. The number of carbonyl (C=O) groups excluding carboxylic acids is 1. The Morgan fingerprint density at radius 2 is 1.92 bits per heavy atom. The average Bonchev–Trinajstić information content (AvgIpc) is 3.04. The van der Waals surface area contributed by atoms with Crippen LogP contribution >= 0.6 is 12.4 Å². The van der Waals surface area contributed by atoms with Gasteiger partial charge in [0.15, 0.2) is 5.65 Å². The first-order valence-electron chi connectivity index (χ1n) is 7.24. The van der Waals surface area contributed by atoms with Crippen LogP contribution in [0.2, 0.25) is 0 Å². The molecule has 3 aromatic rings. The molecule has 0 aliphatic carbocycles. The van der Waals surface area contributed by atoms with Gasteiger partial charge < -0.3 is 15.5 Å². The number of nitrogens with zero attached hydrogens (tertiary/aromatic N) is 3.